The minimum absolute atomic E-state index is 0.0623. The number of carbonyl (C=O) groups excluding carboxylic acids is 3. The highest BCUT2D eigenvalue weighted by molar-refractivity contribution is 5.78. The van der Waals surface area contributed by atoms with Gasteiger partial charge in [-0.1, -0.05) is 98.7 Å². The van der Waals surface area contributed by atoms with Crippen molar-refractivity contribution in [2.75, 3.05) is 41.2 Å². The van der Waals surface area contributed by atoms with Crippen LogP contribution >= 0.6 is 0 Å². The average Bonchev–Trinajstić information content (AvgIpc) is 3.24. The number of hydrogen-bond donors (Lipinski definition) is 6. The predicted octanol–water partition coefficient (Wildman–Crippen LogP) is 9.56. The maximum absolute atomic E-state index is 12.3. The summed E-state index contributed by atoms with van der Waals surface area (Å²) < 4.78 is 138. The fraction of sp³-hybridized carbons (Fsp3) is 0.588. The molecule has 0 aliphatic rings. The molecular formula is C51H72F9N3O12. The molecule has 0 heterocycles. The van der Waals surface area contributed by atoms with Crippen LogP contribution in [0.15, 0.2) is 72.8 Å². The summed E-state index contributed by atoms with van der Waals surface area (Å²) >= 11 is 0. The number of aliphatic hydroxyl groups excluding tert-OH is 3. The summed E-state index contributed by atoms with van der Waals surface area (Å²) in [4.78, 5) is 36.4. The number of benzene rings is 3. The highest BCUT2D eigenvalue weighted by Crippen LogP contribution is 2.30. The molecule has 15 nitrogen and oxygen atoms in total. The van der Waals surface area contributed by atoms with Gasteiger partial charge in [0, 0.05) is 21.3 Å². The van der Waals surface area contributed by atoms with Gasteiger partial charge in [0.1, 0.15) is 17.2 Å². The van der Waals surface area contributed by atoms with Gasteiger partial charge in [0.25, 0.3) is 0 Å². The van der Waals surface area contributed by atoms with E-state index in [0.29, 0.717) is 16.7 Å². The molecule has 0 saturated heterocycles. The molecule has 426 valence electrons. The van der Waals surface area contributed by atoms with Crippen molar-refractivity contribution in [3.8, 4) is 17.2 Å². The van der Waals surface area contributed by atoms with Crippen molar-refractivity contribution in [1.82, 2.24) is 16.0 Å². The third-order valence-electron chi connectivity index (χ3n) is 10.6. The number of hydrogen-bond acceptors (Lipinski definition) is 12. The molecule has 0 aromatic heterocycles. The second-order valence-electron chi connectivity index (χ2n) is 20.3. The molecule has 0 aliphatic carbocycles. The summed E-state index contributed by atoms with van der Waals surface area (Å²) in [6, 6.07) is 14.0. The number of alkyl halides is 9. The first-order chi connectivity index (χ1) is 34.3. The number of methoxy groups -OCH3 is 3. The molecule has 1 unspecified atom stereocenters. The lowest BCUT2D eigenvalue weighted by molar-refractivity contribution is -0.275. The Morgan fingerprint density at radius 3 is 0.813 bits per heavy atom. The summed E-state index contributed by atoms with van der Waals surface area (Å²) in [6.07, 6.45) is -17.3. The van der Waals surface area contributed by atoms with Crippen LogP contribution in [-0.2, 0) is 28.6 Å². The number of halogens is 9. The number of amides is 3. The summed E-state index contributed by atoms with van der Waals surface area (Å²) in [7, 11) is 4.25. The van der Waals surface area contributed by atoms with Crippen molar-refractivity contribution in [1.29, 1.82) is 0 Å². The van der Waals surface area contributed by atoms with Crippen LogP contribution in [0.1, 0.15) is 116 Å². The van der Waals surface area contributed by atoms with E-state index < -0.39 is 89.5 Å². The molecule has 3 amide bonds. The number of carbonyl (C=O) groups is 3. The van der Waals surface area contributed by atoms with Gasteiger partial charge in [-0.2, -0.15) is 0 Å². The molecule has 0 saturated carbocycles. The molecular weight excluding hydrogens is 1020 g/mol. The molecule has 6 N–H and O–H groups in total. The third kappa shape index (κ3) is 28.9. The van der Waals surface area contributed by atoms with Crippen molar-refractivity contribution in [3.63, 3.8) is 0 Å². The van der Waals surface area contributed by atoms with E-state index in [0.717, 1.165) is 0 Å². The number of nitrogens with one attached hydrogen (secondary N) is 3. The monoisotopic (exact) mass is 1090 g/mol. The SMILES string of the molecule is COC[C@H](NC(=O)CC(O)C(C)(C)C)c1cccc(OC(F)(F)F)c1.COC[C@H](NC(=O)C[C@@H](O)C(C)(C)C)c1cccc(OC(F)(F)F)c1.COC[C@H](NC(=O)C[C@H](O)C(C)(C)C)c1cccc(OC(F)(F)F)c1. The maximum atomic E-state index is 12.3. The van der Waals surface area contributed by atoms with Crippen LogP contribution in [0.5, 0.6) is 17.2 Å². The Bertz CT molecular complexity index is 1950. The Kier molecular flexibility index (Phi) is 26.8. The average molecular weight is 1090 g/mol. The van der Waals surface area contributed by atoms with Gasteiger partial charge >= 0.3 is 19.1 Å². The molecule has 75 heavy (non-hydrogen) atoms. The second kappa shape index (κ2) is 29.8. The highest BCUT2D eigenvalue weighted by Gasteiger charge is 2.34. The third-order valence-corrected chi connectivity index (χ3v) is 10.6. The zero-order chi connectivity index (χ0) is 57.8. The first kappa shape index (κ1) is 67.6. The predicted molar refractivity (Wildman–Crippen MR) is 258 cm³/mol. The van der Waals surface area contributed by atoms with E-state index in [9.17, 15) is 69.2 Å². The fourth-order valence-electron chi connectivity index (χ4n) is 6.15. The molecule has 0 bridgehead atoms. The topological polar surface area (TPSA) is 203 Å². The van der Waals surface area contributed by atoms with Gasteiger partial charge < -0.3 is 59.7 Å². The minimum atomic E-state index is -4.80. The van der Waals surface area contributed by atoms with Crippen LogP contribution in [0.3, 0.4) is 0 Å². The van der Waals surface area contributed by atoms with Crippen LogP contribution in [0.2, 0.25) is 0 Å². The van der Waals surface area contributed by atoms with Gasteiger partial charge in [-0.3, -0.25) is 14.4 Å². The Labute approximate surface area is 431 Å². The molecule has 24 heteroatoms. The molecule has 3 rings (SSSR count). The quantitative estimate of drug-likeness (QED) is 0.0553. The van der Waals surface area contributed by atoms with E-state index in [1.165, 1.54) is 75.9 Å². The molecule has 0 fully saturated rings. The van der Waals surface area contributed by atoms with Crippen LogP contribution in [0.25, 0.3) is 0 Å². The van der Waals surface area contributed by atoms with Crippen LogP contribution < -0.4 is 30.2 Å². The van der Waals surface area contributed by atoms with E-state index in [-0.39, 0.29) is 56.3 Å². The number of ether oxygens (including phenoxy) is 6. The van der Waals surface area contributed by atoms with Gasteiger partial charge in [0.2, 0.25) is 17.7 Å². The van der Waals surface area contributed by atoms with Gasteiger partial charge in [0.05, 0.1) is 75.5 Å². The lowest BCUT2D eigenvalue weighted by atomic mass is 9.87. The zero-order valence-corrected chi connectivity index (χ0v) is 44.1. The molecule has 6 atom stereocenters. The fourth-order valence-corrected chi connectivity index (χ4v) is 6.15. The molecule has 0 aliphatic heterocycles. The van der Waals surface area contributed by atoms with Crippen molar-refractivity contribution in [3.05, 3.63) is 89.5 Å². The van der Waals surface area contributed by atoms with E-state index in [4.69, 9.17) is 14.2 Å². The highest BCUT2D eigenvalue weighted by atomic mass is 19.4. The van der Waals surface area contributed by atoms with Gasteiger partial charge in [0.15, 0.2) is 0 Å². The Hall–Kier alpha value is -5.40. The molecule has 0 spiro atoms. The Morgan fingerprint density at radius 2 is 0.640 bits per heavy atom. The zero-order valence-electron chi connectivity index (χ0n) is 44.1. The lowest BCUT2D eigenvalue weighted by Gasteiger charge is -2.26. The summed E-state index contributed by atoms with van der Waals surface area (Å²) in [5, 5.41) is 38.0. The second-order valence-corrected chi connectivity index (χ2v) is 20.3. The summed E-state index contributed by atoms with van der Waals surface area (Å²) in [5.41, 5.74) is -0.177. The van der Waals surface area contributed by atoms with Crippen molar-refractivity contribution in [2.24, 2.45) is 16.2 Å². The normalized spacial score (nSPS) is 14.7. The van der Waals surface area contributed by atoms with Gasteiger partial charge in [-0.15, -0.1) is 39.5 Å². The van der Waals surface area contributed by atoms with E-state index in [2.05, 4.69) is 30.2 Å². The van der Waals surface area contributed by atoms with Gasteiger partial charge in [-0.05, 0) is 69.3 Å². The lowest BCUT2D eigenvalue weighted by Crippen LogP contribution is -2.37. The van der Waals surface area contributed by atoms with Crippen molar-refractivity contribution < 1.29 is 97.6 Å². The van der Waals surface area contributed by atoms with Crippen LogP contribution in [-0.4, -0.2) is 112 Å². The maximum Gasteiger partial charge on any atom is 0.573 e. The van der Waals surface area contributed by atoms with Crippen molar-refractivity contribution in [2.45, 2.75) is 137 Å². The van der Waals surface area contributed by atoms with Crippen LogP contribution in [0, 0.1) is 16.2 Å². The summed E-state index contributed by atoms with van der Waals surface area (Å²) in [5.74, 6) is -2.41. The molecule has 3 aromatic rings. The van der Waals surface area contributed by atoms with E-state index in [1.807, 2.05) is 0 Å². The largest absolute Gasteiger partial charge is 0.573 e. The van der Waals surface area contributed by atoms with Gasteiger partial charge in [-0.25, -0.2) is 0 Å². The van der Waals surface area contributed by atoms with E-state index in [1.54, 1.807) is 80.5 Å². The molecule has 0 radical (unpaired) electrons. The van der Waals surface area contributed by atoms with Crippen molar-refractivity contribution >= 4 is 17.7 Å². The number of rotatable bonds is 21. The Morgan fingerprint density at radius 1 is 0.427 bits per heavy atom. The first-order valence-corrected chi connectivity index (χ1v) is 23.2. The number of aliphatic hydroxyl groups is 3. The Balaban J connectivity index is 0.000000562. The standard InChI is InChI=1S/3C17H24F3NO4/c3*1-16(2,3)14(22)9-15(23)21-13(10-24-4)11-6-5-7-12(8-11)25-17(18,19)20/h3*5-8,13-14,22H,9-10H2,1-4H3,(H,21,23)/t13-,14?;13-,14+;13-,14-/m000/s1. The van der Waals surface area contributed by atoms with E-state index >= 15 is 0 Å². The minimum Gasteiger partial charge on any atom is -0.406 e. The van der Waals surface area contributed by atoms with Crippen LogP contribution in [0.4, 0.5) is 39.5 Å². The molecule has 3 aromatic carbocycles. The summed E-state index contributed by atoms with van der Waals surface area (Å²) in [6.45, 7) is 16.4. The first-order valence-electron chi connectivity index (χ1n) is 23.2. The smallest absolute Gasteiger partial charge is 0.406 e.